The van der Waals surface area contributed by atoms with Crippen molar-refractivity contribution in [3.63, 3.8) is 0 Å². The zero-order chi connectivity index (χ0) is 11.4. The third-order valence-electron chi connectivity index (χ3n) is 2.85. The molecule has 1 saturated heterocycles. The monoisotopic (exact) mass is 311 g/mol. The van der Waals surface area contributed by atoms with E-state index in [-0.39, 0.29) is 30.7 Å². The lowest BCUT2D eigenvalue weighted by atomic mass is 10.2. The second-order valence-corrected chi connectivity index (χ2v) is 4.74. The fraction of sp³-hybridized carbons (Fsp3) is 0.636. The molecule has 1 fully saturated rings. The molecule has 0 aliphatic carbocycles. The Kier molecular flexibility index (Phi) is 8.52. The van der Waals surface area contributed by atoms with Gasteiger partial charge in [-0.3, -0.25) is 4.79 Å². The minimum atomic E-state index is 0. The highest BCUT2D eigenvalue weighted by Crippen LogP contribution is 2.14. The zero-order valence-electron chi connectivity index (χ0n) is 10.3. The predicted molar refractivity (Wildman–Crippen MR) is 79.2 cm³/mol. The minimum absolute atomic E-state index is 0. The van der Waals surface area contributed by atoms with Gasteiger partial charge < -0.3 is 10.2 Å². The summed E-state index contributed by atoms with van der Waals surface area (Å²) in [4.78, 5) is 18.3. The molecule has 2 rings (SSSR count). The molecule has 18 heavy (non-hydrogen) atoms. The van der Waals surface area contributed by atoms with Crippen molar-refractivity contribution in [2.24, 2.45) is 0 Å². The molecule has 1 unspecified atom stereocenters. The van der Waals surface area contributed by atoms with E-state index in [0.717, 1.165) is 32.5 Å². The summed E-state index contributed by atoms with van der Waals surface area (Å²) < 4.78 is 0. The summed E-state index contributed by atoms with van der Waals surface area (Å²) in [6.45, 7) is 4.84. The topological polar surface area (TPSA) is 45.2 Å². The van der Waals surface area contributed by atoms with Crippen molar-refractivity contribution in [1.82, 2.24) is 15.2 Å². The van der Waals surface area contributed by atoms with Crippen molar-refractivity contribution in [1.29, 1.82) is 0 Å². The van der Waals surface area contributed by atoms with Crippen molar-refractivity contribution in [2.75, 3.05) is 19.6 Å². The van der Waals surface area contributed by atoms with Crippen molar-refractivity contribution < 1.29 is 4.79 Å². The van der Waals surface area contributed by atoms with Crippen LogP contribution in [0.4, 0.5) is 0 Å². The highest BCUT2D eigenvalue weighted by molar-refractivity contribution is 7.07. The zero-order valence-corrected chi connectivity index (χ0v) is 12.7. The summed E-state index contributed by atoms with van der Waals surface area (Å²) in [5, 5.41) is 5.13. The van der Waals surface area contributed by atoms with Gasteiger partial charge in [0.25, 0.3) is 5.91 Å². The van der Waals surface area contributed by atoms with E-state index >= 15 is 0 Å². The summed E-state index contributed by atoms with van der Waals surface area (Å²) in [7, 11) is 0. The van der Waals surface area contributed by atoms with E-state index < -0.39 is 0 Å². The van der Waals surface area contributed by atoms with E-state index in [0.29, 0.717) is 11.7 Å². The number of hydrogen-bond acceptors (Lipinski definition) is 4. The third kappa shape index (κ3) is 4.09. The number of aromatic nitrogens is 1. The van der Waals surface area contributed by atoms with Crippen molar-refractivity contribution >= 4 is 42.1 Å². The fourth-order valence-electron chi connectivity index (χ4n) is 2.06. The number of halogens is 2. The Morgan fingerprint density at radius 2 is 2.39 bits per heavy atom. The van der Waals surface area contributed by atoms with Crippen molar-refractivity contribution in [2.45, 2.75) is 25.8 Å². The molecular weight excluding hydrogens is 293 g/mol. The first-order chi connectivity index (χ1) is 7.83. The van der Waals surface area contributed by atoms with Gasteiger partial charge in [-0.2, -0.15) is 0 Å². The van der Waals surface area contributed by atoms with Crippen molar-refractivity contribution in [3.05, 3.63) is 16.6 Å². The molecule has 7 heteroatoms. The molecule has 1 aliphatic rings. The second-order valence-electron chi connectivity index (χ2n) is 4.02. The van der Waals surface area contributed by atoms with Crippen LogP contribution in [0.25, 0.3) is 0 Å². The molecule has 0 aromatic carbocycles. The number of hydrogen-bond donors (Lipinski definition) is 1. The highest BCUT2D eigenvalue weighted by atomic mass is 35.5. The van der Waals surface area contributed by atoms with Crippen LogP contribution in [0.1, 0.15) is 30.3 Å². The Morgan fingerprint density at radius 1 is 1.61 bits per heavy atom. The molecule has 0 bridgehead atoms. The number of rotatable bonds is 4. The lowest BCUT2D eigenvalue weighted by Gasteiger charge is -2.27. The Balaban J connectivity index is 0.00000144. The molecule has 1 aromatic heterocycles. The number of nitrogens with one attached hydrogen (secondary N) is 1. The Hall–Kier alpha value is -0.360. The SMILES string of the molecule is CCCN(C(=O)c1cscn1)C1CCNC1.Cl.Cl. The smallest absolute Gasteiger partial charge is 0.273 e. The fourth-order valence-corrected chi connectivity index (χ4v) is 2.59. The van der Waals surface area contributed by atoms with Gasteiger partial charge in [-0.15, -0.1) is 36.2 Å². The molecule has 1 N–H and O–H groups in total. The molecule has 1 atom stereocenters. The summed E-state index contributed by atoms with van der Waals surface area (Å²) in [6.07, 6.45) is 2.04. The molecule has 0 saturated carbocycles. The average molecular weight is 312 g/mol. The molecule has 1 amide bonds. The third-order valence-corrected chi connectivity index (χ3v) is 3.44. The van der Waals surface area contributed by atoms with Crippen LogP contribution in [0.3, 0.4) is 0 Å². The summed E-state index contributed by atoms with van der Waals surface area (Å²) in [5.74, 6) is 0.0804. The molecule has 1 aromatic rings. The standard InChI is InChI=1S/C11H17N3OS.2ClH/c1-2-5-14(9-3-4-12-6-9)11(15)10-7-16-8-13-10;;/h7-9,12H,2-6H2,1H3;2*1H. The van der Waals surface area contributed by atoms with E-state index in [4.69, 9.17) is 0 Å². The lowest BCUT2D eigenvalue weighted by molar-refractivity contribution is 0.0687. The van der Waals surface area contributed by atoms with Crippen LogP contribution in [0, 0.1) is 0 Å². The number of carbonyl (C=O) groups excluding carboxylic acids is 1. The summed E-state index contributed by atoms with van der Waals surface area (Å²) in [5.41, 5.74) is 2.30. The highest BCUT2D eigenvalue weighted by Gasteiger charge is 2.27. The predicted octanol–water partition coefficient (Wildman–Crippen LogP) is 2.20. The summed E-state index contributed by atoms with van der Waals surface area (Å²) >= 11 is 1.47. The molecule has 2 heterocycles. The first kappa shape index (κ1) is 17.6. The largest absolute Gasteiger partial charge is 0.333 e. The maximum Gasteiger partial charge on any atom is 0.273 e. The molecule has 4 nitrogen and oxygen atoms in total. The Labute approximate surface area is 124 Å². The van der Waals surface area contributed by atoms with Gasteiger partial charge >= 0.3 is 0 Å². The summed E-state index contributed by atoms with van der Waals surface area (Å²) in [6, 6.07) is 0.342. The van der Waals surface area contributed by atoms with Crippen LogP contribution in [-0.2, 0) is 0 Å². The number of carbonyl (C=O) groups is 1. The number of amides is 1. The van der Waals surface area contributed by atoms with Gasteiger partial charge in [0.2, 0.25) is 0 Å². The van der Waals surface area contributed by atoms with Gasteiger partial charge in [-0.1, -0.05) is 6.92 Å². The van der Waals surface area contributed by atoms with E-state index in [2.05, 4.69) is 17.2 Å². The average Bonchev–Trinajstić information content (AvgIpc) is 2.96. The van der Waals surface area contributed by atoms with Crippen LogP contribution in [-0.4, -0.2) is 41.5 Å². The van der Waals surface area contributed by atoms with Gasteiger partial charge in [-0.25, -0.2) is 4.98 Å². The van der Waals surface area contributed by atoms with E-state index in [1.165, 1.54) is 11.3 Å². The molecular formula is C11H19Cl2N3OS. The molecule has 0 radical (unpaired) electrons. The van der Waals surface area contributed by atoms with E-state index in [1.807, 2.05) is 10.3 Å². The van der Waals surface area contributed by atoms with Crippen LogP contribution >= 0.6 is 36.2 Å². The molecule has 104 valence electrons. The second kappa shape index (κ2) is 8.69. The first-order valence-corrected chi connectivity index (χ1v) is 6.67. The Bertz CT molecular complexity index is 342. The van der Waals surface area contributed by atoms with Gasteiger partial charge in [0, 0.05) is 24.5 Å². The lowest BCUT2D eigenvalue weighted by Crippen LogP contribution is -2.42. The van der Waals surface area contributed by atoms with Gasteiger partial charge in [0.15, 0.2) is 0 Å². The minimum Gasteiger partial charge on any atom is -0.333 e. The number of nitrogens with zero attached hydrogens (tertiary/aromatic N) is 2. The van der Waals surface area contributed by atoms with Crippen LogP contribution in [0.15, 0.2) is 10.9 Å². The maximum absolute atomic E-state index is 12.2. The Morgan fingerprint density at radius 3 is 2.89 bits per heavy atom. The normalized spacial score (nSPS) is 17.7. The first-order valence-electron chi connectivity index (χ1n) is 5.72. The maximum atomic E-state index is 12.2. The van der Waals surface area contributed by atoms with Crippen LogP contribution in [0.2, 0.25) is 0 Å². The van der Waals surface area contributed by atoms with Gasteiger partial charge in [0.1, 0.15) is 5.69 Å². The van der Waals surface area contributed by atoms with Gasteiger partial charge in [-0.05, 0) is 19.4 Å². The van der Waals surface area contributed by atoms with Crippen LogP contribution < -0.4 is 5.32 Å². The van der Waals surface area contributed by atoms with Crippen LogP contribution in [0.5, 0.6) is 0 Å². The van der Waals surface area contributed by atoms with Crippen molar-refractivity contribution in [3.8, 4) is 0 Å². The van der Waals surface area contributed by atoms with Gasteiger partial charge in [0.05, 0.1) is 5.51 Å². The molecule has 1 aliphatic heterocycles. The molecule has 0 spiro atoms. The number of thiazole rings is 1. The van der Waals surface area contributed by atoms with E-state index in [1.54, 1.807) is 5.51 Å². The van der Waals surface area contributed by atoms with E-state index in [9.17, 15) is 4.79 Å². The quantitative estimate of drug-likeness (QED) is 0.927.